The normalized spacial score (nSPS) is 14.4. The van der Waals surface area contributed by atoms with Crippen molar-refractivity contribution in [3.05, 3.63) is 47.5 Å². The molecular weight excluding hydrogens is 392 g/mol. The molecule has 0 unspecified atom stereocenters. The molecule has 7 nitrogen and oxygen atoms in total. The molecule has 0 radical (unpaired) electrons. The lowest BCUT2D eigenvalue weighted by atomic mass is 10.2. The molecule has 29 heavy (non-hydrogen) atoms. The number of amides is 2. The second-order valence-electron chi connectivity index (χ2n) is 6.76. The van der Waals surface area contributed by atoms with Gasteiger partial charge >= 0.3 is 6.03 Å². The first-order chi connectivity index (χ1) is 14.1. The number of ether oxygens (including phenoxy) is 2. The number of rotatable bonds is 7. The van der Waals surface area contributed by atoms with E-state index in [1.807, 2.05) is 12.1 Å². The van der Waals surface area contributed by atoms with Gasteiger partial charge in [-0.3, -0.25) is 4.90 Å². The molecule has 8 heteroatoms. The average Bonchev–Trinajstić information content (AvgIpc) is 2.74. The van der Waals surface area contributed by atoms with Crippen molar-refractivity contribution in [3.63, 3.8) is 0 Å². The minimum atomic E-state index is -0.239. The van der Waals surface area contributed by atoms with E-state index in [9.17, 15) is 4.79 Å². The van der Waals surface area contributed by atoms with Gasteiger partial charge in [0.25, 0.3) is 0 Å². The zero-order valence-electron chi connectivity index (χ0n) is 16.8. The molecule has 0 aliphatic carbocycles. The van der Waals surface area contributed by atoms with Gasteiger partial charge in [-0.2, -0.15) is 0 Å². The smallest absolute Gasteiger partial charge is 0.319 e. The monoisotopic (exact) mass is 418 g/mol. The highest BCUT2D eigenvalue weighted by Gasteiger charge is 2.17. The van der Waals surface area contributed by atoms with Crippen LogP contribution >= 0.6 is 11.6 Å². The Hall–Kier alpha value is -2.64. The first kappa shape index (κ1) is 21.1. The van der Waals surface area contributed by atoms with Gasteiger partial charge in [0.15, 0.2) is 11.5 Å². The summed E-state index contributed by atoms with van der Waals surface area (Å²) in [5, 5.41) is 6.47. The second-order valence-corrected chi connectivity index (χ2v) is 7.19. The molecule has 0 aromatic heterocycles. The molecule has 2 N–H and O–H groups in total. The second kappa shape index (κ2) is 10.2. The van der Waals surface area contributed by atoms with Gasteiger partial charge in [0.2, 0.25) is 0 Å². The zero-order chi connectivity index (χ0) is 20.6. The summed E-state index contributed by atoms with van der Waals surface area (Å²) in [5.74, 6) is 1.19. The Kier molecular flexibility index (Phi) is 7.43. The minimum Gasteiger partial charge on any atom is -0.493 e. The van der Waals surface area contributed by atoms with Crippen molar-refractivity contribution in [3.8, 4) is 11.5 Å². The van der Waals surface area contributed by atoms with Crippen molar-refractivity contribution >= 4 is 29.0 Å². The third kappa shape index (κ3) is 5.92. The first-order valence-electron chi connectivity index (χ1n) is 9.59. The number of anilines is 2. The molecular formula is C21H27ClN4O3. The number of nitrogens with one attached hydrogen (secondary N) is 2. The van der Waals surface area contributed by atoms with Gasteiger partial charge in [-0.1, -0.05) is 11.6 Å². The van der Waals surface area contributed by atoms with E-state index in [0.29, 0.717) is 23.7 Å². The van der Waals surface area contributed by atoms with Gasteiger partial charge in [-0.25, -0.2) is 4.79 Å². The number of urea groups is 1. The Labute approximate surface area is 176 Å². The lowest BCUT2D eigenvalue weighted by molar-refractivity contribution is 0.240. The van der Waals surface area contributed by atoms with Crippen LogP contribution in [0.15, 0.2) is 42.5 Å². The van der Waals surface area contributed by atoms with E-state index in [4.69, 9.17) is 21.1 Å². The molecule has 1 saturated heterocycles. The summed E-state index contributed by atoms with van der Waals surface area (Å²) in [7, 11) is 3.14. The topological polar surface area (TPSA) is 66.1 Å². The fourth-order valence-corrected chi connectivity index (χ4v) is 3.42. The molecule has 1 heterocycles. The van der Waals surface area contributed by atoms with Gasteiger partial charge in [0.05, 0.1) is 14.2 Å². The van der Waals surface area contributed by atoms with Crippen LogP contribution in [0.3, 0.4) is 0 Å². The summed E-state index contributed by atoms with van der Waals surface area (Å²) < 4.78 is 10.5. The summed E-state index contributed by atoms with van der Waals surface area (Å²) in [6.07, 6.45) is 0. The molecule has 2 amide bonds. The summed E-state index contributed by atoms with van der Waals surface area (Å²) in [5.41, 5.74) is 1.85. The molecule has 1 fully saturated rings. The largest absolute Gasteiger partial charge is 0.493 e. The van der Waals surface area contributed by atoms with Crippen molar-refractivity contribution < 1.29 is 14.3 Å². The fraction of sp³-hybridized carbons (Fsp3) is 0.381. The molecule has 0 spiro atoms. The van der Waals surface area contributed by atoms with Gasteiger partial charge in [0.1, 0.15) is 0 Å². The molecule has 0 bridgehead atoms. The Morgan fingerprint density at radius 2 is 1.69 bits per heavy atom. The van der Waals surface area contributed by atoms with Crippen molar-refractivity contribution in [2.75, 3.05) is 63.7 Å². The van der Waals surface area contributed by atoms with Gasteiger partial charge in [-0.15, -0.1) is 0 Å². The Bertz CT molecular complexity index is 808. The highest BCUT2D eigenvalue weighted by atomic mass is 35.5. The van der Waals surface area contributed by atoms with Crippen LogP contribution in [0.1, 0.15) is 0 Å². The average molecular weight is 419 g/mol. The fourth-order valence-electron chi connectivity index (χ4n) is 3.30. The van der Waals surface area contributed by atoms with E-state index in [1.54, 1.807) is 32.4 Å². The van der Waals surface area contributed by atoms with Crippen LogP contribution in [0.2, 0.25) is 5.02 Å². The zero-order valence-corrected chi connectivity index (χ0v) is 17.5. The molecule has 3 rings (SSSR count). The van der Waals surface area contributed by atoms with Crippen LogP contribution < -0.4 is 25.0 Å². The standard InChI is InChI=1S/C21H27ClN4O3/c1-28-19-8-5-17(15-20(19)29-2)24-21(27)23-9-10-25-11-13-26(14-12-25)18-6-3-16(22)4-7-18/h3-8,15H,9-14H2,1-2H3,(H2,23,24,27). The predicted molar refractivity (Wildman–Crippen MR) is 117 cm³/mol. The molecule has 1 aliphatic rings. The number of methoxy groups -OCH3 is 2. The molecule has 0 saturated carbocycles. The maximum absolute atomic E-state index is 12.1. The summed E-state index contributed by atoms with van der Waals surface area (Å²) in [4.78, 5) is 16.8. The highest BCUT2D eigenvalue weighted by Crippen LogP contribution is 2.29. The van der Waals surface area contributed by atoms with Crippen LogP contribution in [-0.2, 0) is 0 Å². The van der Waals surface area contributed by atoms with Gasteiger partial charge in [-0.05, 0) is 36.4 Å². The van der Waals surface area contributed by atoms with E-state index in [0.717, 1.165) is 37.7 Å². The quantitative estimate of drug-likeness (QED) is 0.722. The number of piperazine rings is 1. The Balaban J connectivity index is 1.38. The third-order valence-electron chi connectivity index (χ3n) is 4.92. The number of hydrogen-bond acceptors (Lipinski definition) is 5. The van der Waals surface area contributed by atoms with E-state index in [-0.39, 0.29) is 6.03 Å². The van der Waals surface area contributed by atoms with Crippen LogP contribution in [0.4, 0.5) is 16.2 Å². The van der Waals surface area contributed by atoms with Gasteiger partial charge in [0, 0.05) is 61.7 Å². The molecule has 2 aromatic rings. The lowest BCUT2D eigenvalue weighted by Crippen LogP contribution is -2.48. The van der Waals surface area contributed by atoms with E-state index in [2.05, 4.69) is 32.6 Å². The first-order valence-corrected chi connectivity index (χ1v) is 9.96. The number of nitrogens with zero attached hydrogens (tertiary/aromatic N) is 2. The predicted octanol–water partition coefficient (Wildman–Crippen LogP) is 3.30. The molecule has 156 valence electrons. The highest BCUT2D eigenvalue weighted by molar-refractivity contribution is 6.30. The van der Waals surface area contributed by atoms with E-state index in [1.165, 1.54) is 5.69 Å². The van der Waals surface area contributed by atoms with E-state index >= 15 is 0 Å². The maximum Gasteiger partial charge on any atom is 0.319 e. The molecule has 2 aromatic carbocycles. The lowest BCUT2D eigenvalue weighted by Gasteiger charge is -2.36. The molecule has 0 atom stereocenters. The third-order valence-corrected chi connectivity index (χ3v) is 5.17. The van der Waals surface area contributed by atoms with Gasteiger partial charge < -0.3 is 25.0 Å². The Morgan fingerprint density at radius 3 is 2.34 bits per heavy atom. The van der Waals surface area contributed by atoms with E-state index < -0.39 is 0 Å². The van der Waals surface area contributed by atoms with Crippen molar-refractivity contribution in [1.29, 1.82) is 0 Å². The van der Waals surface area contributed by atoms with Crippen LogP contribution in [0.25, 0.3) is 0 Å². The van der Waals surface area contributed by atoms with Crippen molar-refractivity contribution in [1.82, 2.24) is 10.2 Å². The summed E-state index contributed by atoms with van der Waals surface area (Å²) >= 11 is 5.96. The number of halogens is 1. The SMILES string of the molecule is COc1ccc(NC(=O)NCCN2CCN(c3ccc(Cl)cc3)CC2)cc1OC. The summed E-state index contributed by atoms with van der Waals surface area (Å²) in [6.45, 7) is 5.23. The van der Waals surface area contributed by atoms with Crippen molar-refractivity contribution in [2.45, 2.75) is 0 Å². The van der Waals surface area contributed by atoms with Crippen molar-refractivity contribution in [2.24, 2.45) is 0 Å². The number of benzene rings is 2. The Morgan fingerprint density at radius 1 is 1.00 bits per heavy atom. The number of carbonyl (C=O) groups is 1. The minimum absolute atomic E-state index is 0.239. The maximum atomic E-state index is 12.1. The van der Waals surface area contributed by atoms with Crippen LogP contribution in [0.5, 0.6) is 11.5 Å². The van der Waals surface area contributed by atoms with Crippen LogP contribution in [0, 0.1) is 0 Å². The molecule has 1 aliphatic heterocycles. The number of carbonyl (C=O) groups excluding carboxylic acids is 1. The summed E-state index contributed by atoms with van der Waals surface area (Å²) in [6, 6.07) is 13.0. The van der Waals surface area contributed by atoms with Crippen LogP contribution in [-0.4, -0.2) is 64.4 Å². The number of hydrogen-bond donors (Lipinski definition) is 2.